The fourth-order valence-corrected chi connectivity index (χ4v) is 3.11. The zero-order valence-corrected chi connectivity index (χ0v) is 12.9. The fourth-order valence-electron chi connectivity index (χ4n) is 2.98. The van der Waals surface area contributed by atoms with Crippen molar-refractivity contribution in [1.82, 2.24) is 9.47 Å². The topological polar surface area (TPSA) is 25.2 Å². The van der Waals surface area contributed by atoms with Gasteiger partial charge in [0.15, 0.2) is 0 Å². The molecule has 1 saturated heterocycles. The Morgan fingerprint density at radius 3 is 2.71 bits per heavy atom. The van der Waals surface area contributed by atoms with Crippen LogP contribution in [0.3, 0.4) is 0 Å². The molecule has 1 aromatic carbocycles. The van der Waals surface area contributed by atoms with Crippen molar-refractivity contribution in [2.45, 2.75) is 12.8 Å². The van der Waals surface area contributed by atoms with Crippen LogP contribution in [0.15, 0.2) is 42.6 Å². The SMILES string of the molecule is Cn1cccc1C(=O)N1CCC(Cc2ccc(Cl)cc2)C1. The van der Waals surface area contributed by atoms with Gasteiger partial charge < -0.3 is 9.47 Å². The van der Waals surface area contributed by atoms with Gasteiger partial charge in [-0.3, -0.25) is 4.79 Å². The lowest BCUT2D eigenvalue weighted by molar-refractivity contribution is 0.0777. The first-order chi connectivity index (χ1) is 10.1. The van der Waals surface area contributed by atoms with Crippen molar-refractivity contribution in [2.24, 2.45) is 13.0 Å². The van der Waals surface area contributed by atoms with Crippen molar-refractivity contribution < 1.29 is 4.79 Å². The van der Waals surface area contributed by atoms with E-state index in [1.165, 1.54) is 5.56 Å². The minimum atomic E-state index is 0.140. The third-order valence-electron chi connectivity index (χ3n) is 4.17. The average molecular weight is 303 g/mol. The Hall–Kier alpha value is -1.74. The van der Waals surface area contributed by atoms with Gasteiger partial charge in [0, 0.05) is 31.4 Å². The second-order valence-corrected chi connectivity index (χ2v) is 6.18. The summed E-state index contributed by atoms with van der Waals surface area (Å²) in [6.45, 7) is 1.69. The Labute approximate surface area is 130 Å². The zero-order chi connectivity index (χ0) is 14.8. The number of aryl methyl sites for hydroxylation is 1. The molecule has 3 rings (SSSR count). The number of carbonyl (C=O) groups excluding carboxylic acids is 1. The first kappa shape index (κ1) is 14.2. The summed E-state index contributed by atoms with van der Waals surface area (Å²) in [5, 5.41) is 0.769. The summed E-state index contributed by atoms with van der Waals surface area (Å²) in [6, 6.07) is 11.8. The number of hydrogen-bond donors (Lipinski definition) is 0. The molecule has 0 aliphatic carbocycles. The number of aromatic nitrogens is 1. The van der Waals surface area contributed by atoms with Crippen molar-refractivity contribution in [3.8, 4) is 0 Å². The highest BCUT2D eigenvalue weighted by molar-refractivity contribution is 6.30. The number of likely N-dealkylation sites (tertiary alicyclic amines) is 1. The van der Waals surface area contributed by atoms with Crippen LogP contribution in [0.25, 0.3) is 0 Å². The van der Waals surface area contributed by atoms with E-state index < -0.39 is 0 Å². The number of hydrogen-bond acceptors (Lipinski definition) is 1. The van der Waals surface area contributed by atoms with Crippen molar-refractivity contribution >= 4 is 17.5 Å². The van der Waals surface area contributed by atoms with E-state index in [-0.39, 0.29) is 5.91 Å². The van der Waals surface area contributed by atoms with Crippen LogP contribution in [0.1, 0.15) is 22.5 Å². The molecule has 110 valence electrons. The second kappa shape index (κ2) is 5.94. The van der Waals surface area contributed by atoms with Crippen molar-refractivity contribution in [3.63, 3.8) is 0 Å². The molecule has 21 heavy (non-hydrogen) atoms. The van der Waals surface area contributed by atoms with E-state index in [9.17, 15) is 4.79 Å². The predicted octanol–water partition coefficient (Wildman–Crippen LogP) is 3.38. The molecule has 1 atom stereocenters. The highest BCUT2D eigenvalue weighted by Gasteiger charge is 2.27. The Kier molecular flexibility index (Phi) is 4.02. The molecular weight excluding hydrogens is 284 g/mol. The molecule has 0 bridgehead atoms. The van der Waals surface area contributed by atoms with Crippen molar-refractivity contribution in [1.29, 1.82) is 0 Å². The van der Waals surface area contributed by atoms with Gasteiger partial charge in [-0.05, 0) is 48.6 Å². The van der Waals surface area contributed by atoms with Crippen molar-refractivity contribution in [3.05, 3.63) is 58.9 Å². The fraction of sp³-hybridized carbons (Fsp3) is 0.353. The van der Waals surface area contributed by atoms with Gasteiger partial charge in [0.2, 0.25) is 0 Å². The van der Waals surface area contributed by atoms with Gasteiger partial charge in [-0.1, -0.05) is 23.7 Å². The summed E-state index contributed by atoms with van der Waals surface area (Å²) in [4.78, 5) is 14.4. The number of nitrogens with zero attached hydrogens (tertiary/aromatic N) is 2. The number of rotatable bonds is 3. The monoisotopic (exact) mass is 302 g/mol. The van der Waals surface area contributed by atoms with Crippen molar-refractivity contribution in [2.75, 3.05) is 13.1 Å². The minimum Gasteiger partial charge on any atom is -0.347 e. The van der Waals surface area contributed by atoms with Gasteiger partial charge in [0.05, 0.1) is 0 Å². The number of benzene rings is 1. The maximum Gasteiger partial charge on any atom is 0.270 e. The van der Waals surface area contributed by atoms with Gasteiger partial charge in [0.1, 0.15) is 5.69 Å². The third kappa shape index (κ3) is 3.13. The summed E-state index contributed by atoms with van der Waals surface area (Å²) in [5.74, 6) is 0.677. The van der Waals surface area contributed by atoms with Gasteiger partial charge in [0.25, 0.3) is 5.91 Å². The van der Waals surface area contributed by atoms with E-state index in [1.807, 2.05) is 47.0 Å². The lowest BCUT2D eigenvalue weighted by Crippen LogP contribution is -2.30. The standard InChI is InChI=1S/C17H19ClN2O/c1-19-9-2-3-16(19)17(21)20-10-8-14(12-20)11-13-4-6-15(18)7-5-13/h2-7,9,14H,8,10-12H2,1H3. The molecule has 1 aliphatic rings. The zero-order valence-electron chi connectivity index (χ0n) is 12.1. The van der Waals surface area contributed by atoms with Crippen LogP contribution in [-0.2, 0) is 13.5 Å². The number of amides is 1. The predicted molar refractivity (Wildman–Crippen MR) is 84.6 cm³/mol. The smallest absolute Gasteiger partial charge is 0.270 e. The summed E-state index contributed by atoms with van der Waals surface area (Å²) in [7, 11) is 1.91. The Bertz CT molecular complexity index is 632. The molecule has 2 heterocycles. The van der Waals surface area contributed by atoms with E-state index in [0.29, 0.717) is 5.92 Å². The van der Waals surface area contributed by atoms with Gasteiger partial charge in [-0.25, -0.2) is 0 Å². The summed E-state index contributed by atoms with van der Waals surface area (Å²) in [5.41, 5.74) is 2.06. The van der Waals surface area contributed by atoms with Gasteiger partial charge in [-0.15, -0.1) is 0 Å². The highest BCUT2D eigenvalue weighted by Crippen LogP contribution is 2.23. The minimum absolute atomic E-state index is 0.140. The van der Waals surface area contributed by atoms with Crippen LogP contribution in [-0.4, -0.2) is 28.5 Å². The molecule has 3 nitrogen and oxygen atoms in total. The summed E-state index contributed by atoms with van der Waals surface area (Å²) < 4.78 is 1.88. The largest absolute Gasteiger partial charge is 0.347 e. The highest BCUT2D eigenvalue weighted by atomic mass is 35.5. The van der Waals surface area contributed by atoms with Gasteiger partial charge >= 0.3 is 0 Å². The molecule has 4 heteroatoms. The molecule has 1 fully saturated rings. The maximum absolute atomic E-state index is 12.5. The van der Waals surface area contributed by atoms with Crippen LogP contribution in [0, 0.1) is 5.92 Å². The summed E-state index contributed by atoms with van der Waals surface area (Å²) >= 11 is 5.91. The molecule has 0 saturated carbocycles. The van der Waals surface area contributed by atoms with E-state index in [2.05, 4.69) is 12.1 Å². The van der Waals surface area contributed by atoms with E-state index in [4.69, 9.17) is 11.6 Å². The lowest BCUT2D eigenvalue weighted by Gasteiger charge is -2.17. The van der Waals surface area contributed by atoms with Crippen LogP contribution in [0.2, 0.25) is 5.02 Å². The van der Waals surface area contributed by atoms with Crippen LogP contribution in [0.5, 0.6) is 0 Å². The summed E-state index contributed by atoms with van der Waals surface area (Å²) in [6.07, 6.45) is 3.99. The molecule has 2 aromatic rings. The normalized spacial score (nSPS) is 18.2. The number of halogens is 1. The number of carbonyl (C=O) groups is 1. The third-order valence-corrected chi connectivity index (χ3v) is 4.43. The van der Waals surface area contributed by atoms with Gasteiger partial charge in [-0.2, -0.15) is 0 Å². The van der Waals surface area contributed by atoms with Crippen LogP contribution >= 0.6 is 11.6 Å². The van der Waals surface area contributed by atoms with Crippen LogP contribution < -0.4 is 0 Å². The Balaban J connectivity index is 1.62. The van der Waals surface area contributed by atoms with E-state index in [1.54, 1.807) is 0 Å². The molecule has 0 N–H and O–H groups in total. The molecular formula is C17H19ClN2O. The molecule has 0 radical (unpaired) electrons. The maximum atomic E-state index is 12.5. The molecule has 1 aromatic heterocycles. The lowest BCUT2D eigenvalue weighted by atomic mass is 9.99. The Morgan fingerprint density at radius 2 is 2.05 bits per heavy atom. The first-order valence-corrected chi connectivity index (χ1v) is 7.66. The first-order valence-electron chi connectivity index (χ1n) is 7.28. The van der Waals surface area contributed by atoms with E-state index in [0.717, 1.165) is 36.6 Å². The second-order valence-electron chi connectivity index (χ2n) is 5.74. The Morgan fingerprint density at radius 1 is 1.29 bits per heavy atom. The molecule has 1 unspecified atom stereocenters. The van der Waals surface area contributed by atoms with E-state index >= 15 is 0 Å². The molecule has 0 spiro atoms. The van der Waals surface area contributed by atoms with Crippen LogP contribution in [0.4, 0.5) is 0 Å². The molecule has 1 aliphatic heterocycles. The quantitative estimate of drug-likeness (QED) is 0.853. The molecule has 1 amide bonds. The average Bonchev–Trinajstić information content (AvgIpc) is 3.10.